The third-order valence-corrected chi connectivity index (χ3v) is 13.0. The Balaban J connectivity index is 2.24. The maximum absolute atomic E-state index is 12.1. The van der Waals surface area contributed by atoms with Gasteiger partial charge in [0.05, 0.1) is 19.3 Å². The summed E-state index contributed by atoms with van der Waals surface area (Å²) in [6.45, 7) is 19.4. The Morgan fingerprint density at radius 3 is 2.18 bits per heavy atom. The van der Waals surface area contributed by atoms with Gasteiger partial charge in [-0.3, -0.25) is 4.90 Å². The number of piperazine rings is 1. The summed E-state index contributed by atoms with van der Waals surface area (Å²) in [5.74, 6) is 6.79. The topological polar surface area (TPSA) is 42.0 Å². The van der Waals surface area contributed by atoms with Crippen molar-refractivity contribution in [2.24, 2.45) is 0 Å². The van der Waals surface area contributed by atoms with E-state index in [2.05, 4.69) is 58.3 Å². The highest BCUT2D eigenvalue weighted by Gasteiger charge is 2.45. The van der Waals surface area contributed by atoms with Crippen LogP contribution >= 0.6 is 11.6 Å². The van der Waals surface area contributed by atoms with Crippen LogP contribution in [0.2, 0.25) is 21.6 Å². The molecule has 1 saturated heterocycles. The molecule has 1 aromatic rings. The zero-order valence-electron chi connectivity index (χ0n) is 21.4. The molecule has 1 aliphatic heterocycles. The maximum Gasteiger partial charge on any atom is 0.409 e. The molecule has 0 aromatic heterocycles. The fraction of sp³-hybridized carbons (Fsp3) is 0.654. The van der Waals surface area contributed by atoms with Crippen LogP contribution in [0.5, 0.6) is 0 Å². The minimum atomic E-state index is -2.01. The van der Waals surface area contributed by atoms with Crippen LogP contribution in [0.3, 0.4) is 0 Å². The minimum Gasteiger partial charge on any atom is -0.450 e. The van der Waals surface area contributed by atoms with Crippen molar-refractivity contribution in [3.8, 4) is 11.8 Å². The number of hydrogen-bond acceptors (Lipinski definition) is 4. The van der Waals surface area contributed by atoms with Gasteiger partial charge in [0.15, 0.2) is 8.32 Å². The van der Waals surface area contributed by atoms with E-state index in [1.54, 1.807) is 4.90 Å². The van der Waals surface area contributed by atoms with Crippen LogP contribution in [0, 0.1) is 11.8 Å². The van der Waals surface area contributed by atoms with E-state index in [4.69, 9.17) is 20.8 Å². The van der Waals surface area contributed by atoms with Crippen LogP contribution in [0.4, 0.5) is 4.79 Å². The number of hydrogen-bond donors (Lipinski definition) is 0. The number of nitrogens with zero attached hydrogens (tertiary/aromatic N) is 2. The molecule has 0 aliphatic carbocycles. The van der Waals surface area contributed by atoms with Gasteiger partial charge in [0.2, 0.25) is 0 Å². The molecule has 0 N–H and O–H groups in total. The smallest absolute Gasteiger partial charge is 0.409 e. The average Bonchev–Trinajstić information content (AvgIpc) is 2.76. The Bertz CT molecular complexity index is 805. The maximum atomic E-state index is 12.1. The van der Waals surface area contributed by atoms with Gasteiger partial charge in [-0.1, -0.05) is 71.1 Å². The first-order valence-electron chi connectivity index (χ1n) is 12.2. The molecule has 1 fully saturated rings. The molecule has 0 bridgehead atoms. The lowest BCUT2D eigenvalue weighted by Crippen LogP contribution is -2.55. The number of benzene rings is 1. The fourth-order valence-electron chi connectivity index (χ4n) is 5.13. The quantitative estimate of drug-likeness (QED) is 0.328. The summed E-state index contributed by atoms with van der Waals surface area (Å²) in [4.78, 5) is 16.2. The highest BCUT2D eigenvalue weighted by molar-refractivity contribution is 6.77. The van der Waals surface area contributed by atoms with Crippen LogP contribution in [-0.4, -0.2) is 69.6 Å². The Kier molecular flexibility index (Phi) is 10.8. The van der Waals surface area contributed by atoms with E-state index in [-0.39, 0.29) is 12.1 Å². The van der Waals surface area contributed by atoms with Crippen LogP contribution < -0.4 is 0 Å². The van der Waals surface area contributed by atoms with Crippen molar-refractivity contribution in [1.82, 2.24) is 9.80 Å². The second-order valence-electron chi connectivity index (χ2n) is 9.65. The first kappa shape index (κ1) is 27.7. The molecular weight excluding hydrogens is 452 g/mol. The van der Waals surface area contributed by atoms with Crippen LogP contribution in [0.15, 0.2) is 24.3 Å². The van der Waals surface area contributed by atoms with Crippen molar-refractivity contribution in [1.29, 1.82) is 0 Å². The molecule has 0 saturated carbocycles. The Morgan fingerprint density at radius 1 is 1.06 bits per heavy atom. The fourth-order valence-corrected chi connectivity index (χ4v) is 10.8. The number of carbonyl (C=O) groups is 1. The molecule has 184 valence electrons. The van der Waals surface area contributed by atoms with Gasteiger partial charge in [-0.15, -0.1) is 0 Å². The summed E-state index contributed by atoms with van der Waals surface area (Å²) in [7, 11) is -2.01. The molecule has 1 atom stereocenters. The molecule has 1 amide bonds. The lowest BCUT2D eigenvalue weighted by molar-refractivity contribution is 0.0646. The van der Waals surface area contributed by atoms with Gasteiger partial charge in [0.1, 0.15) is 0 Å². The third-order valence-electron chi connectivity index (χ3n) is 6.69. The number of ether oxygens (including phenoxy) is 1. The van der Waals surface area contributed by atoms with E-state index in [1.807, 2.05) is 31.2 Å². The number of amides is 1. The molecule has 1 aliphatic rings. The highest BCUT2D eigenvalue weighted by Crippen LogP contribution is 2.42. The lowest BCUT2D eigenvalue weighted by Gasteiger charge is -2.44. The van der Waals surface area contributed by atoms with E-state index in [0.29, 0.717) is 47.9 Å². The van der Waals surface area contributed by atoms with Gasteiger partial charge in [-0.05, 0) is 41.7 Å². The first-order valence-corrected chi connectivity index (χ1v) is 14.7. The van der Waals surface area contributed by atoms with Gasteiger partial charge >= 0.3 is 6.09 Å². The molecule has 0 radical (unpaired) electrons. The van der Waals surface area contributed by atoms with E-state index in [0.717, 1.165) is 18.7 Å². The monoisotopic (exact) mass is 492 g/mol. The van der Waals surface area contributed by atoms with E-state index < -0.39 is 8.32 Å². The Labute approximate surface area is 206 Å². The SMILES string of the molecule is CCOC(=O)N1CCN(C(C#Cc2cccc(Cl)c2)CO[Si](C(C)C)(C(C)C)C(C)C)CC1. The molecule has 1 heterocycles. The van der Waals surface area contributed by atoms with E-state index in [9.17, 15) is 4.79 Å². The number of halogens is 1. The highest BCUT2D eigenvalue weighted by atomic mass is 35.5. The Hall–Kier alpha value is -1.52. The van der Waals surface area contributed by atoms with Crippen LogP contribution in [-0.2, 0) is 9.16 Å². The summed E-state index contributed by atoms with van der Waals surface area (Å²) in [5.41, 5.74) is 2.44. The largest absolute Gasteiger partial charge is 0.450 e. The standard InChI is InChI=1S/C26H41ClN2O3Si/c1-8-31-26(30)29-16-14-28(15-17-29)25(13-12-23-10-9-11-24(27)18-23)19-32-33(20(2)3,21(4)5)22(6)7/h9-11,18,20-22,25H,8,14-17,19H2,1-7H3. The van der Waals surface area contributed by atoms with Gasteiger partial charge in [0.25, 0.3) is 0 Å². The van der Waals surface area contributed by atoms with Crippen LogP contribution in [0.1, 0.15) is 54.0 Å². The average molecular weight is 493 g/mol. The summed E-state index contributed by atoms with van der Waals surface area (Å²) < 4.78 is 12.1. The predicted octanol–water partition coefficient (Wildman–Crippen LogP) is 6.03. The van der Waals surface area contributed by atoms with E-state index in [1.165, 1.54) is 0 Å². The molecule has 7 heteroatoms. The summed E-state index contributed by atoms with van der Waals surface area (Å²) in [6.07, 6.45) is -0.235. The van der Waals surface area contributed by atoms with Crippen LogP contribution in [0.25, 0.3) is 0 Å². The molecule has 1 unspecified atom stereocenters. The van der Waals surface area contributed by atoms with Crippen molar-refractivity contribution >= 4 is 26.0 Å². The van der Waals surface area contributed by atoms with Gasteiger partial charge in [-0.25, -0.2) is 4.79 Å². The Morgan fingerprint density at radius 2 is 1.67 bits per heavy atom. The zero-order chi connectivity index (χ0) is 24.6. The van der Waals surface area contributed by atoms with Crippen molar-refractivity contribution in [2.75, 3.05) is 39.4 Å². The molecule has 0 spiro atoms. The lowest BCUT2D eigenvalue weighted by atomic mass is 10.2. The molecule has 1 aromatic carbocycles. The molecule has 2 rings (SSSR count). The normalized spacial score (nSPS) is 16.2. The minimum absolute atomic E-state index is 0.0450. The van der Waals surface area contributed by atoms with Crippen molar-refractivity contribution in [3.05, 3.63) is 34.9 Å². The van der Waals surface area contributed by atoms with Gasteiger partial charge < -0.3 is 14.1 Å². The second-order valence-corrected chi connectivity index (χ2v) is 15.5. The number of carbonyl (C=O) groups excluding carboxylic acids is 1. The van der Waals surface area contributed by atoms with Gasteiger partial charge in [-0.2, -0.15) is 0 Å². The molecule has 5 nitrogen and oxygen atoms in total. The summed E-state index contributed by atoms with van der Waals surface area (Å²) >= 11 is 6.16. The first-order chi connectivity index (χ1) is 15.6. The molecule has 33 heavy (non-hydrogen) atoms. The van der Waals surface area contributed by atoms with Crippen molar-refractivity contribution in [2.45, 2.75) is 71.1 Å². The van der Waals surface area contributed by atoms with Crippen molar-refractivity contribution in [3.63, 3.8) is 0 Å². The summed E-state index contributed by atoms with van der Waals surface area (Å²) in [6, 6.07) is 7.60. The van der Waals surface area contributed by atoms with E-state index >= 15 is 0 Å². The third kappa shape index (κ3) is 7.23. The zero-order valence-corrected chi connectivity index (χ0v) is 23.1. The van der Waals surface area contributed by atoms with Gasteiger partial charge in [0, 0.05) is 36.8 Å². The molecular formula is C26H41ClN2O3Si. The van der Waals surface area contributed by atoms with Crippen molar-refractivity contribution < 1.29 is 14.0 Å². The number of rotatable bonds is 8. The predicted molar refractivity (Wildman–Crippen MR) is 139 cm³/mol. The second kappa shape index (κ2) is 12.8. The summed E-state index contributed by atoms with van der Waals surface area (Å²) in [5, 5.41) is 0.684.